The fourth-order valence-corrected chi connectivity index (χ4v) is 3.58. The molecule has 2 heterocycles. The summed E-state index contributed by atoms with van der Waals surface area (Å²) in [6, 6.07) is 10.4. The molecule has 3 aromatic rings. The van der Waals surface area contributed by atoms with E-state index in [1.54, 1.807) is 43.3 Å². The van der Waals surface area contributed by atoms with E-state index in [2.05, 4.69) is 5.10 Å². The number of ether oxygens (including phenoxy) is 1. The number of nitrogens with one attached hydrogen (secondary N) is 1. The highest BCUT2D eigenvalue weighted by atomic mass is 19.2. The van der Waals surface area contributed by atoms with Crippen LogP contribution in [0.5, 0.6) is 0 Å². The second-order valence-electron chi connectivity index (χ2n) is 7.07. The van der Waals surface area contributed by atoms with Crippen LogP contribution in [0.2, 0.25) is 0 Å². The Morgan fingerprint density at radius 1 is 0.966 bits per heavy atom. The highest BCUT2D eigenvalue weighted by molar-refractivity contribution is 5.63. The topological polar surface area (TPSA) is 31.5 Å². The second kappa shape index (κ2) is 7.96. The number of benzene rings is 2. The molecule has 29 heavy (non-hydrogen) atoms. The predicted molar refractivity (Wildman–Crippen MR) is 98.8 cm³/mol. The SMILES string of the molecule is Cc1cc(-c2ccccc2)n(-c2c(F)c(F)c(C[NH+]3CCOCC3)c(F)c2F)n1. The lowest BCUT2D eigenvalue weighted by molar-refractivity contribution is -0.921. The lowest BCUT2D eigenvalue weighted by atomic mass is 10.1. The second-order valence-corrected chi connectivity index (χ2v) is 7.07. The standard InChI is InChI=1S/C21H19F4N3O/c1-13-11-16(14-5-3-2-4-6-14)28(26-13)21-19(24)17(22)15(18(23)20(21)25)12-27-7-9-29-10-8-27/h2-6,11H,7-10,12H2,1H3/p+1. The van der Waals surface area contributed by atoms with Crippen molar-refractivity contribution in [2.24, 2.45) is 0 Å². The molecule has 1 aromatic heterocycles. The molecular formula is C21H20F4N3O+. The van der Waals surface area contributed by atoms with Crippen molar-refractivity contribution >= 4 is 0 Å². The molecule has 2 aromatic carbocycles. The van der Waals surface area contributed by atoms with Crippen molar-refractivity contribution in [1.29, 1.82) is 0 Å². The van der Waals surface area contributed by atoms with Crippen LogP contribution in [0.15, 0.2) is 36.4 Å². The molecule has 152 valence electrons. The Kier molecular flexibility index (Phi) is 5.38. The molecule has 1 aliphatic heterocycles. The number of aromatic nitrogens is 2. The number of aryl methyl sites for hydroxylation is 1. The lowest BCUT2D eigenvalue weighted by Gasteiger charge is -2.24. The molecule has 1 fully saturated rings. The van der Waals surface area contributed by atoms with Gasteiger partial charge in [-0.1, -0.05) is 30.3 Å². The highest BCUT2D eigenvalue weighted by Gasteiger charge is 2.31. The van der Waals surface area contributed by atoms with Crippen molar-refractivity contribution < 1.29 is 27.2 Å². The third kappa shape index (κ3) is 3.65. The van der Waals surface area contributed by atoms with E-state index in [1.165, 1.54) is 0 Å². The third-order valence-electron chi connectivity index (χ3n) is 5.07. The average Bonchev–Trinajstić information content (AvgIpc) is 3.12. The molecule has 8 heteroatoms. The van der Waals surface area contributed by atoms with Gasteiger partial charge in [-0.3, -0.25) is 0 Å². The lowest BCUT2D eigenvalue weighted by Crippen LogP contribution is -3.12. The zero-order valence-corrected chi connectivity index (χ0v) is 15.8. The zero-order valence-electron chi connectivity index (χ0n) is 15.8. The van der Waals surface area contributed by atoms with Gasteiger partial charge >= 0.3 is 0 Å². The van der Waals surface area contributed by atoms with E-state index in [0.29, 0.717) is 43.3 Å². The van der Waals surface area contributed by atoms with E-state index in [4.69, 9.17) is 4.74 Å². The summed E-state index contributed by atoms with van der Waals surface area (Å²) in [4.78, 5) is 0.806. The van der Waals surface area contributed by atoms with Gasteiger partial charge in [-0.25, -0.2) is 22.2 Å². The van der Waals surface area contributed by atoms with Crippen molar-refractivity contribution in [3.8, 4) is 16.9 Å². The maximum Gasteiger partial charge on any atom is 0.188 e. The molecule has 1 N–H and O–H groups in total. The first kappa shape index (κ1) is 19.6. The van der Waals surface area contributed by atoms with Gasteiger partial charge in [0.2, 0.25) is 0 Å². The molecule has 4 nitrogen and oxygen atoms in total. The first-order valence-electron chi connectivity index (χ1n) is 9.36. The van der Waals surface area contributed by atoms with Crippen LogP contribution in [-0.2, 0) is 11.3 Å². The molecule has 0 aliphatic carbocycles. The molecule has 0 radical (unpaired) electrons. The number of morpholine rings is 1. The number of halogens is 4. The number of rotatable bonds is 4. The molecule has 0 saturated carbocycles. The van der Waals surface area contributed by atoms with Gasteiger partial charge in [0.25, 0.3) is 0 Å². The van der Waals surface area contributed by atoms with Crippen molar-refractivity contribution in [2.45, 2.75) is 13.5 Å². The monoisotopic (exact) mass is 406 g/mol. The van der Waals surface area contributed by atoms with Crippen LogP contribution >= 0.6 is 0 Å². The van der Waals surface area contributed by atoms with Gasteiger partial charge in [0, 0.05) is 5.56 Å². The first-order valence-corrected chi connectivity index (χ1v) is 9.36. The van der Waals surface area contributed by atoms with Gasteiger partial charge in [0.15, 0.2) is 23.3 Å². The van der Waals surface area contributed by atoms with E-state index in [1.807, 2.05) is 0 Å². The van der Waals surface area contributed by atoms with Gasteiger partial charge in [0.05, 0.1) is 30.2 Å². The smallest absolute Gasteiger partial charge is 0.188 e. The van der Waals surface area contributed by atoms with E-state index in [9.17, 15) is 17.6 Å². The summed E-state index contributed by atoms with van der Waals surface area (Å²) in [7, 11) is 0. The Hall–Kier alpha value is -2.71. The van der Waals surface area contributed by atoms with Crippen LogP contribution in [0.1, 0.15) is 11.3 Å². The molecule has 4 rings (SSSR count). The van der Waals surface area contributed by atoms with Crippen molar-refractivity contribution in [3.05, 3.63) is 70.9 Å². The fraction of sp³-hybridized carbons (Fsp3) is 0.286. The summed E-state index contributed by atoms with van der Waals surface area (Å²) in [6.45, 7) is 3.39. The Morgan fingerprint density at radius 3 is 2.21 bits per heavy atom. The van der Waals surface area contributed by atoms with Gasteiger partial charge in [-0.05, 0) is 13.0 Å². The van der Waals surface area contributed by atoms with Crippen molar-refractivity contribution in [3.63, 3.8) is 0 Å². The van der Waals surface area contributed by atoms with Gasteiger partial charge in [-0.15, -0.1) is 0 Å². The van der Waals surface area contributed by atoms with Crippen LogP contribution in [-0.4, -0.2) is 36.1 Å². The van der Waals surface area contributed by atoms with Crippen LogP contribution in [0.4, 0.5) is 17.6 Å². The summed E-state index contributed by atoms with van der Waals surface area (Å²) in [5.74, 6) is -5.67. The van der Waals surface area contributed by atoms with E-state index < -0.39 is 34.5 Å². The molecule has 1 aliphatic rings. The summed E-state index contributed by atoms with van der Waals surface area (Å²) in [5.41, 5.74) is -0.0235. The molecule has 0 amide bonds. The van der Waals surface area contributed by atoms with E-state index in [-0.39, 0.29) is 6.54 Å². The van der Waals surface area contributed by atoms with Crippen LogP contribution in [0.3, 0.4) is 0 Å². The molecule has 0 atom stereocenters. The van der Waals surface area contributed by atoms with E-state index >= 15 is 0 Å². The van der Waals surface area contributed by atoms with Crippen molar-refractivity contribution in [1.82, 2.24) is 9.78 Å². The van der Waals surface area contributed by atoms with E-state index in [0.717, 1.165) is 9.58 Å². The van der Waals surface area contributed by atoms with Crippen LogP contribution in [0.25, 0.3) is 16.9 Å². The minimum atomic E-state index is -1.45. The van der Waals surface area contributed by atoms with Crippen LogP contribution < -0.4 is 4.90 Å². The average molecular weight is 406 g/mol. The summed E-state index contributed by atoms with van der Waals surface area (Å²) >= 11 is 0. The van der Waals surface area contributed by atoms with Gasteiger partial charge in [0.1, 0.15) is 25.3 Å². The van der Waals surface area contributed by atoms with Gasteiger partial charge < -0.3 is 9.64 Å². The maximum absolute atomic E-state index is 15.0. The quantitative estimate of drug-likeness (QED) is 0.534. The molecule has 0 bridgehead atoms. The molecule has 0 unspecified atom stereocenters. The minimum absolute atomic E-state index is 0.154. The molecular weight excluding hydrogens is 386 g/mol. The Morgan fingerprint density at radius 2 is 1.59 bits per heavy atom. The number of quaternary nitrogens is 1. The summed E-state index contributed by atoms with van der Waals surface area (Å²) in [5, 5.41) is 4.09. The summed E-state index contributed by atoms with van der Waals surface area (Å²) < 4.78 is 65.7. The maximum atomic E-state index is 15.0. The van der Waals surface area contributed by atoms with Gasteiger partial charge in [-0.2, -0.15) is 5.10 Å². The predicted octanol–water partition coefficient (Wildman–Crippen LogP) is 2.82. The Labute approximate surface area is 165 Å². The first-order chi connectivity index (χ1) is 14.0. The van der Waals surface area contributed by atoms with Crippen LogP contribution in [0, 0.1) is 30.2 Å². The third-order valence-corrected chi connectivity index (χ3v) is 5.07. The fourth-order valence-electron chi connectivity index (χ4n) is 3.58. The number of hydrogen-bond donors (Lipinski definition) is 1. The Bertz CT molecular complexity index is 1000. The molecule has 1 saturated heterocycles. The highest BCUT2D eigenvalue weighted by Crippen LogP contribution is 2.31. The number of nitrogens with zero attached hydrogens (tertiary/aromatic N) is 2. The normalized spacial score (nSPS) is 15.1. The summed E-state index contributed by atoms with van der Waals surface area (Å²) in [6.07, 6.45) is 0. The Balaban J connectivity index is 1.82. The molecule has 0 spiro atoms. The largest absolute Gasteiger partial charge is 0.370 e. The zero-order chi connectivity index (χ0) is 20.5. The minimum Gasteiger partial charge on any atom is -0.370 e. The number of hydrogen-bond acceptors (Lipinski definition) is 2. The van der Waals surface area contributed by atoms with Crippen molar-refractivity contribution in [2.75, 3.05) is 26.3 Å².